The number of nitrogens with one attached hydrogen (secondary N) is 1. The standard InChI is InChI=1S/C20H20F3N3O/c1-2-19(27)25-11-13-10-16-17(24)4-3-5-18(16)26(12-13)15-8-6-14(7-9-15)20(21,22)23/h2-9,13H,1,10-12,24H2,(H,25,27). The Bertz CT molecular complexity index is 847. The summed E-state index contributed by atoms with van der Waals surface area (Å²) in [5.74, 6) is -0.198. The van der Waals surface area contributed by atoms with Crippen molar-refractivity contribution in [3.8, 4) is 0 Å². The van der Waals surface area contributed by atoms with E-state index in [0.717, 1.165) is 23.4 Å². The minimum absolute atomic E-state index is 0.0633. The summed E-state index contributed by atoms with van der Waals surface area (Å²) in [5.41, 5.74) is 8.52. The van der Waals surface area contributed by atoms with Gasteiger partial charge in [0, 0.05) is 30.2 Å². The molecule has 1 unspecified atom stereocenters. The highest BCUT2D eigenvalue weighted by Gasteiger charge is 2.31. The molecular weight excluding hydrogens is 355 g/mol. The maximum Gasteiger partial charge on any atom is 0.416 e. The first-order chi connectivity index (χ1) is 12.8. The van der Waals surface area contributed by atoms with Crippen LogP contribution in [-0.4, -0.2) is 19.0 Å². The topological polar surface area (TPSA) is 58.4 Å². The lowest BCUT2D eigenvalue weighted by Gasteiger charge is -2.37. The fourth-order valence-electron chi connectivity index (χ4n) is 3.31. The van der Waals surface area contributed by atoms with Crippen molar-refractivity contribution in [1.82, 2.24) is 5.32 Å². The Morgan fingerprint density at radius 1 is 1.26 bits per heavy atom. The Balaban J connectivity index is 1.92. The van der Waals surface area contributed by atoms with Crippen molar-refractivity contribution in [2.45, 2.75) is 12.6 Å². The average molecular weight is 375 g/mol. The number of amides is 1. The van der Waals surface area contributed by atoms with Crippen molar-refractivity contribution in [1.29, 1.82) is 0 Å². The van der Waals surface area contributed by atoms with Crippen LogP contribution in [0.3, 0.4) is 0 Å². The second-order valence-corrected chi connectivity index (χ2v) is 6.52. The number of nitrogens with zero attached hydrogens (tertiary/aromatic N) is 1. The maximum atomic E-state index is 12.8. The largest absolute Gasteiger partial charge is 0.416 e. The molecule has 2 aromatic carbocycles. The van der Waals surface area contributed by atoms with Gasteiger partial charge in [-0.3, -0.25) is 4.79 Å². The monoisotopic (exact) mass is 375 g/mol. The zero-order valence-corrected chi connectivity index (χ0v) is 14.6. The van der Waals surface area contributed by atoms with E-state index in [-0.39, 0.29) is 11.8 Å². The number of carbonyl (C=O) groups excluding carboxylic acids is 1. The van der Waals surface area contributed by atoms with Crippen molar-refractivity contribution in [2.24, 2.45) is 5.92 Å². The van der Waals surface area contributed by atoms with Gasteiger partial charge in [-0.1, -0.05) is 12.6 Å². The van der Waals surface area contributed by atoms with Gasteiger partial charge in [-0.25, -0.2) is 0 Å². The molecule has 2 aromatic rings. The van der Waals surface area contributed by atoms with E-state index >= 15 is 0 Å². The molecule has 1 aliphatic heterocycles. The molecule has 0 aliphatic carbocycles. The Labute approximate surface area is 155 Å². The smallest absolute Gasteiger partial charge is 0.398 e. The minimum atomic E-state index is -4.37. The number of benzene rings is 2. The first kappa shape index (κ1) is 18.8. The van der Waals surface area contributed by atoms with E-state index in [1.54, 1.807) is 6.07 Å². The highest BCUT2D eigenvalue weighted by Crippen LogP contribution is 2.39. The number of nitrogen functional groups attached to an aromatic ring is 1. The quantitative estimate of drug-likeness (QED) is 0.629. The van der Waals surface area contributed by atoms with Gasteiger partial charge in [0.25, 0.3) is 0 Å². The SMILES string of the molecule is C=CC(=O)NCC1Cc2c(N)cccc2N(c2ccc(C(F)(F)F)cc2)C1. The molecule has 0 saturated carbocycles. The Hall–Kier alpha value is -2.96. The van der Waals surface area contributed by atoms with E-state index in [4.69, 9.17) is 5.73 Å². The molecular formula is C20H20F3N3O. The van der Waals surface area contributed by atoms with Crippen molar-refractivity contribution < 1.29 is 18.0 Å². The summed E-state index contributed by atoms with van der Waals surface area (Å²) in [5, 5.41) is 2.78. The summed E-state index contributed by atoms with van der Waals surface area (Å²) in [6, 6.07) is 10.6. The normalized spacial score (nSPS) is 16.6. The molecule has 0 aromatic heterocycles. The van der Waals surface area contributed by atoms with E-state index in [0.29, 0.717) is 30.9 Å². The lowest BCUT2D eigenvalue weighted by Crippen LogP contribution is -2.39. The third-order valence-corrected chi connectivity index (χ3v) is 4.67. The third-order valence-electron chi connectivity index (χ3n) is 4.67. The minimum Gasteiger partial charge on any atom is -0.398 e. The highest BCUT2D eigenvalue weighted by atomic mass is 19.4. The van der Waals surface area contributed by atoms with Crippen molar-refractivity contribution in [3.05, 3.63) is 66.2 Å². The first-order valence-electron chi connectivity index (χ1n) is 8.52. The zero-order valence-electron chi connectivity index (χ0n) is 14.6. The van der Waals surface area contributed by atoms with Crippen LogP contribution in [0.25, 0.3) is 0 Å². The molecule has 1 atom stereocenters. The molecule has 1 aliphatic rings. The Morgan fingerprint density at radius 2 is 1.96 bits per heavy atom. The predicted molar refractivity (Wildman–Crippen MR) is 99.7 cm³/mol. The van der Waals surface area contributed by atoms with Crippen LogP contribution >= 0.6 is 0 Å². The van der Waals surface area contributed by atoms with Gasteiger partial charge >= 0.3 is 6.18 Å². The number of hydrogen-bond donors (Lipinski definition) is 2. The molecule has 1 heterocycles. The first-order valence-corrected chi connectivity index (χ1v) is 8.52. The van der Waals surface area contributed by atoms with Crippen LogP contribution in [0.5, 0.6) is 0 Å². The summed E-state index contributed by atoms with van der Waals surface area (Å²) in [6.07, 6.45) is -2.49. The molecule has 0 fully saturated rings. The molecule has 142 valence electrons. The highest BCUT2D eigenvalue weighted by molar-refractivity contribution is 5.86. The lowest BCUT2D eigenvalue weighted by atomic mass is 9.90. The van der Waals surface area contributed by atoms with Gasteiger partial charge in [-0.05, 0) is 60.4 Å². The molecule has 27 heavy (non-hydrogen) atoms. The number of rotatable bonds is 4. The number of halogens is 3. The summed E-state index contributed by atoms with van der Waals surface area (Å²) >= 11 is 0. The molecule has 1 amide bonds. The van der Waals surface area contributed by atoms with E-state index in [2.05, 4.69) is 11.9 Å². The second-order valence-electron chi connectivity index (χ2n) is 6.52. The maximum absolute atomic E-state index is 12.8. The number of fused-ring (bicyclic) bond motifs is 1. The third kappa shape index (κ3) is 4.07. The molecule has 4 nitrogen and oxygen atoms in total. The fourth-order valence-corrected chi connectivity index (χ4v) is 3.31. The van der Waals surface area contributed by atoms with Crippen molar-refractivity contribution >= 4 is 23.0 Å². The lowest BCUT2D eigenvalue weighted by molar-refractivity contribution is -0.137. The summed E-state index contributed by atoms with van der Waals surface area (Å²) < 4.78 is 38.5. The van der Waals surface area contributed by atoms with Crippen LogP contribution in [0.15, 0.2) is 55.1 Å². The molecule has 3 rings (SSSR count). The molecule has 0 spiro atoms. The van der Waals surface area contributed by atoms with Crippen molar-refractivity contribution in [3.63, 3.8) is 0 Å². The molecule has 0 radical (unpaired) electrons. The zero-order chi connectivity index (χ0) is 19.6. The summed E-state index contributed by atoms with van der Waals surface area (Å²) in [6.45, 7) is 4.41. The molecule has 7 heteroatoms. The van der Waals surface area contributed by atoms with E-state index in [1.165, 1.54) is 18.2 Å². The number of alkyl halides is 3. The molecule has 0 bridgehead atoms. The van der Waals surface area contributed by atoms with Crippen LogP contribution in [0.4, 0.5) is 30.2 Å². The van der Waals surface area contributed by atoms with Crippen LogP contribution in [0.1, 0.15) is 11.1 Å². The number of nitrogens with two attached hydrogens (primary N) is 1. The van der Waals surface area contributed by atoms with Gasteiger partial charge < -0.3 is 16.0 Å². The van der Waals surface area contributed by atoms with Crippen LogP contribution < -0.4 is 16.0 Å². The van der Waals surface area contributed by atoms with E-state index < -0.39 is 11.7 Å². The van der Waals surface area contributed by atoms with E-state index in [9.17, 15) is 18.0 Å². The number of carbonyl (C=O) groups is 1. The van der Waals surface area contributed by atoms with Gasteiger partial charge in [-0.2, -0.15) is 13.2 Å². The van der Waals surface area contributed by atoms with Crippen molar-refractivity contribution in [2.75, 3.05) is 23.7 Å². The Kier molecular flexibility index (Phi) is 5.12. The van der Waals surface area contributed by atoms with Gasteiger partial charge in [-0.15, -0.1) is 0 Å². The Morgan fingerprint density at radius 3 is 2.59 bits per heavy atom. The van der Waals surface area contributed by atoms with Gasteiger partial charge in [0.2, 0.25) is 5.91 Å². The summed E-state index contributed by atoms with van der Waals surface area (Å²) in [4.78, 5) is 13.4. The van der Waals surface area contributed by atoms with Gasteiger partial charge in [0.1, 0.15) is 0 Å². The molecule has 3 N–H and O–H groups in total. The van der Waals surface area contributed by atoms with Crippen LogP contribution in [0, 0.1) is 5.92 Å². The van der Waals surface area contributed by atoms with Gasteiger partial charge in [0.05, 0.1) is 5.56 Å². The number of anilines is 3. The average Bonchev–Trinajstić information content (AvgIpc) is 2.65. The molecule has 0 saturated heterocycles. The van der Waals surface area contributed by atoms with Crippen LogP contribution in [0.2, 0.25) is 0 Å². The fraction of sp³-hybridized carbons (Fsp3) is 0.250. The number of hydrogen-bond acceptors (Lipinski definition) is 3. The van der Waals surface area contributed by atoms with Crippen LogP contribution in [-0.2, 0) is 17.4 Å². The van der Waals surface area contributed by atoms with E-state index in [1.807, 2.05) is 17.0 Å². The summed E-state index contributed by atoms with van der Waals surface area (Å²) in [7, 11) is 0. The van der Waals surface area contributed by atoms with Gasteiger partial charge in [0.15, 0.2) is 0 Å². The predicted octanol–water partition coefficient (Wildman–Crippen LogP) is 3.90. The second kappa shape index (κ2) is 7.34.